The van der Waals surface area contributed by atoms with Crippen molar-refractivity contribution in [1.82, 2.24) is 0 Å². The fourth-order valence-electron chi connectivity index (χ4n) is 2.50. The highest BCUT2D eigenvalue weighted by atomic mass is 16.7. The Morgan fingerprint density at radius 2 is 1.92 bits per heavy atom. The molecule has 0 radical (unpaired) electrons. The maximum Gasteiger partial charge on any atom is 0.231 e. The van der Waals surface area contributed by atoms with Gasteiger partial charge in [0.1, 0.15) is 25.8 Å². The predicted octanol–water partition coefficient (Wildman–Crippen LogP) is 0.927. The number of fused-ring (bicyclic) bond motifs is 1. The summed E-state index contributed by atoms with van der Waals surface area (Å²) in [6, 6.07) is 13.3. The molecule has 0 aliphatic carbocycles. The highest BCUT2D eigenvalue weighted by Crippen LogP contribution is 2.32. The molecule has 128 valence electrons. The zero-order valence-electron chi connectivity index (χ0n) is 13.6. The first kappa shape index (κ1) is 16.4. The van der Waals surface area contributed by atoms with Gasteiger partial charge in [0.05, 0.1) is 7.11 Å². The summed E-state index contributed by atoms with van der Waals surface area (Å²) >= 11 is 0. The average molecular weight is 332 g/mol. The van der Waals surface area contributed by atoms with Crippen LogP contribution < -0.4 is 24.3 Å². The molecular formula is C18H22NO5+. The number of methoxy groups -OCH3 is 1. The van der Waals surface area contributed by atoms with Crippen LogP contribution in [0.4, 0.5) is 0 Å². The van der Waals surface area contributed by atoms with Gasteiger partial charge in [0.2, 0.25) is 6.79 Å². The fraction of sp³-hybridized carbons (Fsp3) is 0.333. The van der Waals surface area contributed by atoms with Crippen molar-refractivity contribution in [1.29, 1.82) is 0 Å². The molecule has 0 unspecified atom stereocenters. The van der Waals surface area contributed by atoms with E-state index < -0.39 is 6.10 Å². The average Bonchev–Trinajstić information content (AvgIpc) is 3.08. The monoisotopic (exact) mass is 332 g/mol. The third-order valence-electron chi connectivity index (χ3n) is 3.76. The summed E-state index contributed by atoms with van der Waals surface area (Å²) in [6.45, 7) is 1.80. The van der Waals surface area contributed by atoms with Gasteiger partial charge >= 0.3 is 0 Å². The van der Waals surface area contributed by atoms with Crippen molar-refractivity contribution in [2.75, 3.05) is 27.1 Å². The topological polar surface area (TPSA) is 73.8 Å². The molecule has 0 fully saturated rings. The Labute approximate surface area is 140 Å². The van der Waals surface area contributed by atoms with Gasteiger partial charge in [-0.25, -0.2) is 0 Å². The Hall–Kier alpha value is -2.44. The molecule has 1 aliphatic rings. The van der Waals surface area contributed by atoms with Gasteiger partial charge in [-0.05, 0) is 30.3 Å². The van der Waals surface area contributed by atoms with E-state index in [1.807, 2.05) is 47.8 Å². The fourth-order valence-corrected chi connectivity index (χ4v) is 2.50. The van der Waals surface area contributed by atoms with Crippen molar-refractivity contribution < 1.29 is 29.4 Å². The molecule has 0 aromatic heterocycles. The van der Waals surface area contributed by atoms with Crippen molar-refractivity contribution in [3.05, 3.63) is 48.0 Å². The third-order valence-corrected chi connectivity index (χ3v) is 3.76. The minimum atomic E-state index is -0.566. The lowest BCUT2D eigenvalue weighted by atomic mass is 10.2. The maximum atomic E-state index is 10.1. The van der Waals surface area contributed by atoms with Crippen LogP contribution in [-0.4, -0.2) is 38.3 Å². The Balaban J connectivity index is 1.42. The molecule has 1 atom stereocenters. The van der Waals surface area contributed by atoms with E-state index in [0.29, 0.717) is 18.0 Å². The molecule has 6 heteroatoms. The standard InChI is InChI=1S/C18H21NO5/c1-21-15-4-2-3-5-16(15)22-11-14(20)10-19-9-13-6-7-17-18(8-13)24-12-23-17/h2-8,14,19-20H,9-12H2,1H3/p+1/t14-/m0/s1. The van der Waals surface area contributed by atoms with Crippen molar-refractivity contribution in [3.63, 3.8) is 0 Å². The minimum absolute atomic E-state index is 0.220. The first-order valence-electron chi connectivity index (χ1n) is 7.90. The molecule has 3 rings (SSSR count). The zero-order valence-corrected chi connectivity index (χ0v) is 13.6. The number of para-hydroxylation sites is 2. The van der Waals surface area contributed by atoms with Crippen LogP contribution in [-0.2, 0) is 6.54 Å². The number of hydrogen-bond acceptors (Lipinski definition) is 5. The van der Waals surface area contributed by atoms with Crippen LogP contribution >= 0.6 is 0 Å². The number of aliphatic hydroxyl groups excluding tert-OH is 1. The van der Waals surface area contributed by atoms with E-state index in [4.69, 9.17) is 18.9 Å². The second-order valence-electron chi connectivity index (χ2n) is 5.53. The Bertz CT molecular complexity index is 676. The zero-order chi connectivity index (χ0) is 16.8. The van der Waals surface area contributed by atoms with E-state index >= 15 is 0 Å². The smallest absolute Gasteiger partial charge is 0.231 e. The molecule has 0 bridgehead atoms. The van der Waals surface area contributed by atoms with Gasteiger partial charge in [0.15, 0.2) is 23.0 Å². The molecule has 24 heavy (non-hydrogen) atoms. The van der Waals surface area contributed by atoms with Gasteiger partial charge in [0, 0.05) is 5.56 Å². The molecule has 3 N–H and O–H groups in total. The summed E-state index contributed by atoms with van der Waals surface area (Å²) < 4.78 is 21.5. The van der Waals surface area contributed by atoms with Crippen molar-refractivity contribution in [3.8, 4) is 23.0 Å². The summed E-state index contributed by atoms with van der Waals surface area (Å²) in [7, 11) is 1.60. The summed E-state index contributed by atoms with van der Waals surface area (Å²) in [5.41, 5.74) is 1.12. The second-order valence-corrected chi connectivity index (χ2v) is 5.53. The first-order valence-corrected chi connectivity index (χ1v) is 7.90. The van der Waals surface area contributed by atoms with Gasteiger partial charge < -0.3 is 29.4 Å². The van der Waals surface area contributed by atoms with E-state index in [2.05, 4.69) is 0 Å². The van der Waals surface area contributed by atoms with Crippen molar-refractivity contribution in [2.24, 2.45) is 0 Å². The largest absolute Gasteiger partial charge is 0.493 e. The lowest BCUT2D eigenvalue weighted by Gasteiger charge is -2.13. The van der Waals surface area contributed by atoms with Crippen LogP contribution in [0.15, 0.2) is 42.5 Å². The number of aliphatic hydroxyl groups is 1. The number of rotatable bonds is 8. The Morgan fingerprint density at radius 3 is 2.75 bits per heavy atom. The molecule has 0 saturated carbocycles. The number of hydrogen-bond donors (Lipinski definition) is 2. The van der Waals surface area contributed by atoms with E-state index in [-0.39, 0.29) is 13.4 Å². The number of nitrogens with two attached hydrogens (primary N) is 1. The van der Waals surface area contributed by atoms with Gasteiger partial charge in [0.25, 0.3) is 0 Å². The highest BCUT2D eigenvalue weighted by molar-refractivity contribution is 5.44. The summed E-state index contributed by atoms with van der Waals surface area (Å²) in [5, 5.41) is 12.1. The molecule has 6 nitrogen and oxygen atoms in total. The van der Waals surface area contributed by atoms with E-state index in [1.165, 1.54) is 0 Å². The van der Waals surface area contributed by atoms with Crippen molar-refractivity contribution >= 4 is 0 Å². The summed E-state index contributed by atoms with van der Waals surface area (Å²) in [5.74, 6) is 2.86. The lowest BCUT2D eigenvalue weighted by molar-refractivity contribution is -0.676. The van der Waals surface area contributed by atoms with Gasteiger partial charge in [-0.3, -0.25) is 0 Å². The van der Waals surface area contributed by atoms with Crippen LogP contribution in [0.25, 0.3) is 0 Å². The van der Waals surface area contributed by atoms with E-state index in [9.17, 15) is 5.11 Å². The minimum Gasteiger partial charge on any atom is -0.493 e. The predicted molar refractivity (Wildman–Crippen MR) is 87.6 cm³/mol. The summed E-state index contributed by atoms with van der Waals surface area (Å²) in [6.07, 6.45) is -0.566. The van der Waals surface area contributed by atoms with Gasteiger partial charge in [-0.1, -0.05) is 12.1 Å². The highest BCUT2D eigenvalue weighted by Gasteiger charge is 2.14. The maximum absolute atomic E-state index is 10.1. The normalized spacial score (nSPS) is 13.6. The van der Waals surface area contributed by atoms with Crippen LogP contribution in [0.3, 0.4) is 0 Å². The Morgan fingerprint density at radius 1 is 1.12 bits per heavy atom. The van der Waals surface area contributed by atoms with Crippen molar-refractivity contribution in [2.45, 2.75) is 12.6 Å². The molecule has 0 spiro atoms. The number of benzene rings is 2. The number of ether oxygens (including phenoxy) is 4. The molecule has 2 aromatic rings. The molecule has 1 heterocycles. The lowest BCUT2D eigenvalue weighted by Crippen LogP contribution is -2.85. The van der Waals surface area contributed by atoms with Crippen LogP contribution in [0.5, 0.6) is 23.0 Å². The SMILES string of the molecule is COc1ccccc1OC[C@@H](O)C[NH2+]Cc1ccc2c(c1)OCO2. The van der Waals surface area contributed by atoms with E-state index in [0.717, 1.165) is 23.6 Å². The van der Waals surface area contributed by atoms with Gasteiger partial charge in [-0.15, -0.1) is 0 Å². The summed E-state index contributed by atoms with van der Waals surface area (Å²) in [4.78, 5) is 0. The molecule has 0 amide bonds. The second kappa shape index (κ2) is 7.90. The van der Waals surface area contributed by atoms with Crippen LogP contribution in [0.1, 0.15) is 5.56 Å². The van der Waals surface area contributed by atoms with E-state index in [1.54, 1.807) is 7.11 Å². The van der Waals surface area contributed by atoms with Crippen LogP contribution in [0.2, 0.25) is 0 Å². The van der Waals surface area contributed by atoms with Crippen LogP contribution in [0, 0.1) is 0 Å². The first-order chi connectivity index (χ1) is 11.8. The quantitative estimate of drug-likeness (QED) is 0.752. The molecule has 0 saturated heterocycles. The molecule has 2 aromatic carbocycles. The number of quaternary nitrogens is 1. The molecule has 1 aliphatic heterocycles. The van der Waals surface area contributed by atoms with Gasteiger partial charge in [-0.2, -0.15) is 0 Å². The Kier molecular flexibility index (Phi) is 5.40. The molecular weight excluding hydrogens is 310 g/mol. The third kappa shape index (κ3) is 4.10.